The van der Waals surface area contributed by atoms with Crippen molar-refractivity contribution in [3.05, 3.63) is 0 Å². The van der Waals surface area contributed by atoms with Crippen molar-refractivity contribution in [3.8, 4) is 0 Å². The first-order valence-corrected chi connectivity index (χ1v) is 4.54. The van der Waals surface area contributed by atoms with E-state index in [1.165, 1.54) is 0 Å². The smallest absolute Gasteiger partial charge is 0.305 e. The molecule has 1 saturated carbocycles. The largest absolute Gasteiger partial charge is 0.465 e. The van der Waals surface area contributed by atoms with Crippen LogP contribution in [0.5, 0.6) is 0 Å². The zero-order valence-corrected chi connectivity index (χ0v) is 7.45. The van der Waals surface area contributed by atoms with E-state index in [4.69, 9.17) is 9.84 Å². The number of hydrogen-bond acceptors (Lipinski definition) is 3. The van der Waals surface area contributed by atoms with Gasteiger partial charge in [0, 0.05) is 13.0 Å². The van der Waals surface area contributed by atoms with Gasteiger partial charge in [-0.3, -0.25) is 4.79 Å². The first-order chi connectivity index (χ1) is 5.77. The molecule has 1 N–H and O–H groups in total. The van der Waals surface area contributed by atoms with E-state index in [0.717, 1.165) is 12.8 Å². The van der Waals surface area contributed by atoms with Crippen molar-refractivity contribution in [2.24, 2.45) is 11.8 Å². The van der Waals surface area contributed by atoms with Gasteiger partial charge < -0.3 is 9.84 Å². The molecule has 0 heterocycles. The summed E-state index contributed by atoms with van der Waals surface area (Å²) in [6.45, 7) is 2.69. The molecular formula is C9H16O3. The summed E-state index contributed by atoms with van der Waals surface area (Å²) in [5, 5.41) is 8.70. The Hall–Kier alpha value is -0.570. The van der Waals surface area contributed by atoms with E-state index in [9.17, 15) is 4.79 Å². The van der Waals surface area contributed by atoms with E-state index in [1.807, 2.05) is 6.92 Å². The van der Waals surface area contributed by atoms with Crippen LogP contribution < -0.4 is 0 Å². The van der Waals surface area contributed by atoms with Crippen LogP contribution in [0.2, 0.25) is 0 Å². The van der Waals surface area contributed by atoms with Gasteiger partial charge >= 0.3 is 5.97 Å². The van der Waals surface area contributed by atoms with Crippen LogP contribution in [-0.2, 0) is 9.53 Å². The first kappa shape index (κ1) is 9.52. The maximum atomic E-state index is 10.9. The van der Waals surface area contributed by atoms with Crippen LogP contribution in [0.1, 0.15) is 26.2 Å². The molecule has 1 fully saturated rings. The zero-order chi connectivity index (χ0) is 8.97. The quantitative estimate of drug-likeness (QED) is 0.628. The third-order valence-corrected chi connectivity index (χ3v) is 2.22. The summed E-state index contributed by atoms with van der Waals surface area (Å²) in [5.74, 6) is 0.705. The Kier molecular flexibility index (Phi) is 3.53. The van der Waals surface area contributed by atoms with Gasteiger partial charge in [0.25, 0.3) is 0 Å². The van der Waals surface area contributed by atoms with Gasteiger partial charge in [-0.15, -0.1) is 0 Å². The molecule has 0 amide bonds. The number of carbonyl (C=O) groups is 1. The van der Waals surface area contributed by atoms with E-state index in [1.54, 1.807) is 0 Å². The molecule has 0 aromatic rings. The Balaban J connectivity index is 1.99. The lowest BCUT2D eigenvalue weighted by Crippen LogP contribution is -2.07. The van der Waals surface area contributed by atoms with Crippen LogP contribution in [0, 0.1) is 11.8 Å². The summed E-state index contributed by atoms with van der Waals surface area (Å²) in [4.78, 5) is 10.9. The van der Waals surface area contributed by atoms with Crippen LogP contribution in [0.3, 0.4) is 0 Å². The summed E-state index contributed by atoms with van der Waals surface area (Å²) in [6, 6.07) is 0. The first-order valence-electron chi connectivity index (χ1n) is 4.54. The number of rotatable bonds is 5. The van der Waals surface area contributed by atoms with Gasteiger partial charge in [0.2, 0.25) is 0 Å². The summed E-state index contributed by atoms with van der Waals surface area (Å²) in [6.07, 6.45) is 2.36. The van der Waals surface area contributed by atoms with E-state index < -0.39 is 0 Å². The molecule has 0 unspecified atom stereocenters. The molecule has 0 saturated heterocycles. The lowest BCUT2D eigenvalue weighted by molar-refractivity contribution is -0.144. The standard InChI is InChI=1S/C9H16O3/c1-2-3-9(11)12-6-8-4-7(8)5-10/h7-8,10H,2-6H2,1H3/t7-,8+/m1/s1. The fraction of sp³-hybridized carbons (Fsp3) is 0.889. The number of esters is 1. The summed E-state index contributed by atoms with van der Waals surface area (Å²) < 4.78 is 4.99. The average Bonchev–Trinajstić information content (AvgIpc) is 2.80. The van der Waals surface area contributed by atoms with Gasteiger partial charge in [-0.25, -0.2) is 0 Å². The highest BCUT2D eigenvalue weighted by Gasteiger charge is 2.37. The van der Waals surface area contributed by atoms with Gasteiger partial charge in [0.05, 0.1) is 6.61 Å². The molecule has 70 valence electrons. The second-order valence-corrected chi connectivity index (χ2v) is 3.37. The predicted molar refractivity (Wildman–Crippen MR) is 44.5 cm³/mol. The molecule has 1 aliphatic rings. The van der Waals surface area contributed by atoms with Crippen LogP contribution in [-0.4, -0.2) is 24.3 Å². The number of hydrogen-bond donors (Lipinski definition) is 1. The lowest BCUT2D eigenvalue weighted by Gasteiger charge is -2.01. The maximum Gasteiger partial charge on any atom is 0.305 e. The van der Waals surface area contributed by atoms with Crippen molar-refractivity contribution in [2.45, 2.75) is 26.2 Å². The molecule has 0 aromatic heterocycles. The molecule has 0 aliphatic heterocycles. The fourth-order valence-corrected chi connectivity index (χ4v) is 1.21. The SMILES string of the molecule is CCCC(=O)OC[C@@H]1C[C@@H]1CO. The van der Waals surface area contributed by atoms with Crippen molar-refractivity contribution in [2.75, 3.05) is 13.2 Å². The van der Waals surface area contributed by atoms with E-state index in [0.29, 0.717) is 24.9 Å². The van der Waals surface area contributed by atoms with E-state index in [2.05, 4.69) is 0 Å². The van der Waals surface area contributed by atoms with Crippen molar-refractivity contribution >= 4 is 5.97 Å². The summed E-state index contributed by atoms with van der Waals surface area (Å²) in [5.41, 5.74) is 0. The zero-order valence-electron chi connectivity index (χ0n) is 7.45. The van der Waals surface area contributed by atoms with Gasteiger partial charge in [0.15, 0.2) is 0 Å². The van der Waals surface area contributed by atoms with Crippen molar-refractivity contribution in [1.29, 1.82) is 0 Å². The highest BCUT2D eigenvalue weighted by molar-refractivity contribution is 5.69. The number of ether oxygens (including phenoxy) is 1. The summed E-state index contributed by atoms with van der Waals surface area (Å²) in [7, 11) is 0. The average molecular weight is 172 g/mol. The Bertz CT molecular complexity index is 156. The van der Waals surface area contributed by atoms with Crippen LogP contribution >= 0.6 is 0 Å². The second kappa shape index (κ2) is 4.45. The van der Waals surface area contributed by atoms with Crippen molar-refractivity contribution < 1.29 is 14.6 Å². The molecule has 1 rings (SSSR count). The molecule has 3 nitrogen and oxygen atoms in total. The van der Waals surface area contributed by atoms with Gasteiger partial charge in [-0.1, -0.05) is 6.92 Å². The Morgan fingerprint density at radius 2 is 2.33 bits per heavy atom. The van der Waals surface area contributed by atoms with Crippen molar-refractivity contribution in [3.63, 3.8) is 0 Å². The second-order valence-electron chi connectivity index (χ2n) is 3.37. The molecule has 0 radical (unpaired) electrons. The van der Waals surface area contributed by atoms with Gasteiger partial charge in [-0.2, -0.15) is 0 Å². The number of aliphatic hydroxyl groups excluding tert-OH is 1. The molecule has 1 aliphatic carbocycles. The summed E-state index contributed by atoms with van der Waals surface area (Å²) >= 11 is 0. The molecule has 2 atom stereocenters. The minimum atomic E-state index is -0.110. The van der Waals surface area contributed by atoms with E-state index in [-0.39, 0.29) is 12.6 Å². The molecule has 3 heteroatoms. The fourth-order valence-electron chi connectivity index (χ4n) is 1.21. The Morgan fingerprint density at radius 3 is 2.83 bits per heavy atom. The maximum absolute atomic E-state index is 10.9. The van der Waals surface area contributed by atoms with Crippen LogP contribution in [0.15, 0.2) is 0 Å². The number of aliphatic hydroxyl groups is 1. The third kappa shape index (κ3) is 2.81. The van der Waals surface area contributed by atoms with Crippen LogP contribution in [0.25, 0.3) is 0 Å². The highest BCUT2D eigenvalue weighted by atomic mass is 16.5. The van der Waals surface area contributed by atoms with Crippen LogP contribution in [0.4, 0.5) is 0 Å². The molecule has 0 spiro atoms. The number of carbonyl (C=O) groups excluding carboxylic acids is 1. The highest BCUT2D eigenvalue weighted by Crippen LogP contribution is 2.37. The lowest BCUT2D eigenvalue weighted by atomic mass is 10.3. The van der Waals surface area contributed by atoms with Gasteiger partial charge in [-0.05, 0) is 24.7 Å². The topological polar surface area (TPSA) is 46.5 Å². The molecular weight excluding hydrogens is 156 g/mol. The minimum absolute atomic E-state index is 0.110. The molecule has 12 heavy (non-hydrogen) atoms. The predicted octanol–water partition coefficient (Wildman–Crippen LogP) is 0.958. The Morgan fingerprint density at radius 1 is 1.58 bits per heavy atom. The Labute approximate surface area is 72.7 Å². The third-order valence-electron chi connectivity index (χ3n) is 2.22. The van der Waals surface area contributed by atoms with Gasteiger partial charge in [0.1, 0.15) is 0 Å². The minimum Gasteiger partial charge on any atom is -0.465 e. The molecule has 0 bridgehead atoms. The monoisotopic (exact) mass is 172 g/mol. The normalized spacial score (nSPS) is 26.8. The molecule has 0 aromatic carbocycles. The van der Waals surface area contributed by atoms with E-state index >= 15 is 0 Å². The van der Waals surface area contributed by atoms with Crippen molar-refractivity contribution in [1.82, 2.24) is 0 Å².